The summed E-state index contributed by atoms with van der Waals surface area (Å²) in [6.45, 7) is 18.9. The Hall–Kier alpha value is -0.595. The van der Waals surface area contributed by atoms with Crippen LogP contribution in [-0.2, 0) is 20.7 Å². The van der Waals surface area contributed by atoms with E-state index < -0.39 is 18.5 Å². The summed E-state index contributed by atoms with van der Waals surface area (Å²) in [5, 5.41) is 0. The largest absolute Gasteiger partial charge is 0.597 e. The van der Waals surface area contributed by atoms with E-state index in [-0.39, 0.29) is 22.0 Å². The van der Waals surface area contributed by atoms with Crippen molar-refractivity contribution in [1.29, 1.82) is 0 Å². The molecule has 2 atom stereocenters. The minimum absolute atomic E-state index is 0.0672. The minimum Gasteiger partial charge on any atom is -0.597 e. The van der Waals surface area contributed by atoms with Gasteiger partial charge in [-0.1, -0.05) is 0 Å². The third-order valence-corrected chi connectivity index (χ3v) is 7.29. The first-order chi connectivity index (χ1) is 11.8. The van der Waals surface area contributed by atoms with E-state index in [1.807, 2.05) is 78.8 Å². The summed E-state index contributed by atoms with van der Waals surface area (Å²) in [4.78, 5) is 4.53. The molecular formula is C19H33BN2O3S. The molecule has 0 amide bonds. The monoisotopic (exact) mass is 380 g/mol. The van der Waals surface area contributed by atoms with Crippen LogP contribution in [-0.4, -0.2) is 43.5 Å². The standard InChI is InChI=1S/C19H33BN2O3S/c1-10-22(26(23)17(3,4)5)14(2)16-13-15(11-12-21-16)20-24-18(6,7)19(8,9)25-20/h11-14H,10H2,1-9H3/t14-,26?/m1/s1. The van der Waals surface area contributed by atoms with Gasteiger partial charge in [-0.25, -0.2) is 0 Å². The Balaban J connectivity index is 2.26. The van der Waals surface area contributed by atoms with E-state index in [9.17, 15) is 4.55 Å². The Morgan fingerprint density at radius 3 is 2.23 bits per heavy atom. The highest BCUT2D eigenvalue weighted by atomic mass is 32.2. The van der Waals surface area contributed by atoms with Gasteiger partial charge in [-0.2, -0.15) is 0 Å². The van der Waals surface area contributed by atoms with Crippen LogP contribution in [0, 0.1) is 0 Å². The maximum Gasteiger partial charge on any atom is 0.494 e. The fourth-order valence-electron chi connectivity index (χ4n) is 2.85. The second kappa shape index (κ2) is 7.43. The Morgan fingerprint density at radius 2 is 1.77 bits per heavy atom. The second-order valence-corrected chi connectivity index (χ2v) is 11.1. The molecule has 0 saturated carbocycles. The second-order valence-electron chi connectivity index (χ2n) is 8.87. The fourth-order valence-corrected chi connectivity index (χ4v) is 4.19. The Bertz CT molecular complexity index is 617. The highest BCUT2D eigenvalue weighted by molar-refractivity contribution is 7.90. The molecule has 1 saturated heterocycles. The van der Waals surface area contributed by atoms with Gasteiger partial charge in [0.2, 0.25) is 0 Å². The van der Waals surface area contributed by atoms with E-state index in [1.54, 1.807) is 6.20 Å². The lowest BCUT2D eigenvalue weighted by Crippen LogP contribution is -2.44. The van der Waals surface area contributed by atoms with Crippen LogP contribution in [0.5, 0.6) is 0 Å². The summed E-state index contributed by atoms with van der Waals surface area (Å²) in [5.41, 5.74) is 1.06. The molecule has 0 aliphatic carbocycles. The lowest BCUT2D eigenvalue weighted by molar-refractivity contribution is 0.00578. The van der Waals surface area contributed by atoms with Crippen LogP contribution in [0.25, 0.3) is 0 Å². The van der Waals surface area contributed by atoms with Gasteiger partial charge >= 0.3 is 7.12 Å². The summed E-state index contributed by atoms with van der Waals surface area (Å²) in [6.07, 6.45) is 1.78. The van der Waals surface area contributed by atoms with Gasteiger partial charge < -0.3 is 13.9 Å². The number of nitrogens with zero attached hydrogens (tertiary/aromatic N) is 2. The number of hydrogen-bond acceptors (Lipinski definition) is 5. The predicted octanol–water partition coefficient (Wildman–Crippen LogP) is 3.23. The van der Waals surface area contributed by atoms with E-state index in [0.29, 0.717) is 6.54 Å². The van der Waals surface area contributed by atoms with Gasteiger partial charge in [-0.15, -0.1) is 4.31 Å². The Kier molecular flexibility index (Phi) is 6.21. The molecule has 1 aliphatic heterocycles. The van der Waals surface area contributed by atoms with Crippen molar-refractivity contribution < 1.29 is 13.9 Å². The van der Waals surface area contributed by atoms with Gasteiger partial charge in [0, 0.05) is 24.1 Å². The van der Waals surface area contributed by atoms with Crippen molar-refractivity contribution in [2.75, 3.05) is 6.54 Å². The molecule has 1 unspecified atom stereocenters. The summed E-state index contributed by atoms with van der Waals surface area (Å²) in [5.74, 6) is 0. The topological polar surface area (TPSA) is 57.7 Å². The summed E-state index contributed by atoms with van der Waals surface area (Å²) in [6, 6.07) is 3.87. The molecule has 2 heterocycles. The molecule has 1 aromatic rings. The molecule has 1 fully saturated rings. The number of aromatic nitrogens is 1. The van der Waals surface area contributed by atoms with Gasteiger partial charge in [0.05, 0.1) is 22.9 Å². The highest BCUT2D eigenvalue weighted by Gasteiger charge is 2.51. The maximum atomic E-state index is 12.9. The van der Waals surface area contributed by atoms with Gasteiger partial charge in [0.1, 0.15) is 4.75 Å². The molecule has 1 aliphatic rings. The van der Waals surface area contributed by atoms with Crippen molar-refractivity contribution in [2.45, 2.75) is 84.3 Å². The number of rotatable bonds is 5. The quantitative estimate of drug-likeness (QED) is 0.580. The van der Waals surface area contributed by atoms with Crippen LogP contribution in [0.1, 0.15) is 74.0 Å². The van der Waals surface area contributed by atoms with Gasteiger partial charge in [0.25, 0.3) is 0 Å². The van der Waals surface area contributed by atoms with Crippen molar-refractivity contribution in [3.8, 4) is 0 Å². The molecular weight excluding hydrogens is 347 g/mol. The zero-order valence-corrected chi connectivity index (χ0v) is 18.4. The summed E-state index contributed by atoms with van der Waals surface area (Å²) >= 11 is -1.11. The van der Waals surface area contributed by atoms with Crippen molar-refractivity contribution in [3.63, 3.8) is 0 Å². The van der Waals surface area contributed by atoms with Gasteiger partial charge in [-0.3, -0.25) is 4.98 Å². The normalized spacial score (nSPS) is 21.9. The third kappa shape index (κ3) is 4.28. The van der Waals surface area contributed by atoms with Crippen LogP contribution >= 0.6 is 0 Å². The van der Waals surface area contributed by atoms with Crippen LogP contribution in [0.4, 0.5) is 0 Å². The zero-order valence-electron chi connectivity index (χ0n) is 17.6. The SMILES string of the molecule is CCN([C@H](C)c1cc(B2OC(C)(C)C(C)(C)O2)ccn1)[S+]([O-])C(C)(C)C. The van der Waals surface area contributed by atoms with E-state index in [0.717, 1.165) is 11.2 Å². The molecule has 2 rings (SSSR count). The van der Waals surface area contributed by atoms with Crippen molar-refractivity contribution in [1.82, 2.24) is 9.29 Å². The van der Waals surface area contributed by atoms with Crippen LogP contribution in [0.2, 0.25) is 0 Å². The number of pyridine rings is 1. The smallest absolute Gasteiger partial charge is 0.494 e. The molecule has 5 nitrogen and oxygen atoms in total. The van der Waals surface area contributed by atoms with Crippen LogP contribution < -0.4 is 5.46 Å². The van der Waals surface area contributed by atoms with Gasteiger partial charge in [-0.05, 0) is 79.9 Å². The Labute approximate surface area is 162 Å². The fraction of sp³-hybridized carbons (Fsp3) is 0.737. The van der Waals surface area contributed by atoms with Crippen LogP contribution in [0.15, 0.2) is 18.3 Å². The molecule has 7 heteroatoms. The predicted molar refractivity (Wildman–Crippen MR) is 109 cm³/mol. The molecule has 0 radical (unpaired) electrons. The summed E-state index contributed by atoms with van der Waals surface area (Å²) in [7, 11) is -0.419. The van der Waals surface area contributed by atoms with Crippen molar-refractivity contribution in [2.24, 2.45) is 0 Å². The summed E-state index contributed by atoms with van der Waals surface area (Å²) < 4.78 is 26.9. The average Bonchev–Trinajstić information content (AvgIpc) is 2.75. The highest BCUT2D eigenvalue weighted by Crippen LogP contribution is 2.36. The molecule has 1 aromatic heterocycles. The van der Waals surface area contributed by atoms with Crippen molar-refractivity contribution in [3.05, 3.63) is 24.0 Å². The van der Waals surface area contributed by atoms with E-state index in [1.165, 1.54) is 0 Å². The lowest BCUT2D eigenvalue weighted by Gasteiger charge is -2.35. The first kappa shape index (κ1) is 21.7. The average molecular weight is 380 g/mol. The van der Waals surface area contributed by atoms with E-state index in [2.05, 4.69) is 4.98 Å². The molecule has 146 valence electrons. The molecule has 0 spiro atoms. The third-order valence-electron chi connectivity index (χ3n) is 5.24. The molecule has 0 aromatic carbocycles. The van der Waals surface area contributed by atoms with E-state index in [4.69, 9.17) is 9.31 Å². The molecule has 26 heavy (non-hydrogen) atoms. The maximum absolute atomic E-state index is 12.9. The van der Waals surface area contributed by atoms with Crippen molar-refractivity contribution >= 4 is 23.9 Å². The minimum atomic E-state index is -1.11. The first-order valence-electron chi connectivity index (χ1n) is 9.30. The molecule has 0 N–H and O–H groups in total. The number of hydrogen-bond donors (Lipinski definition) is 0. The zero-order chi connectivity index (χ0) is 19.9. The van der Waals surface area contributed by atoms with Crippen LogP contribution in [0.3, 0.4) is 0 Å². The Morgan fingerprint density at radius 1 is 1.23 bits per heavy atom. The lowest BCUT2D eigenvalue weighted by atomic mass is 9.79. The van der Waals surface area contributed by atoms with Gasteiger partial charge in [0.15, 0.2) is 0 Å². The van der Waals surface area contributed by atoms with E-state index >= 15 is 0 Å². The first-order valence-corrected chi connectivity index (χ1v) is 10.4. The molecule has 0 bridgehead atoms.